The summed E-state index contributed by atoms with van der Waals surface area (Å²) in [7, 11) is 1.89. The van der Waals surface area contributed by atoms with Gasteiger partial charge in [0.25, 0.3) is 5.91 Å². The zero-order valence-electron chi connectivity index (χ0n) is 12.4. The number of ether oxygens (including phenoxy) is 1. The number of nitrogens with zero attached hydrogens (tertiary/aromatic N) is 1. The molecule has 21 heavy (non-hydrogen) atoms. The smallest absolute Gasteiger partial charge is 0.253 e. The van der Waals surface area contributed by atoms with Gasteiger partial charge in [0.05, 0.1) is 6.61 Å². The van der Waals surface area contributed by atoms with Crippen LogP contribution in [0.5, 0.6) is 5.75 Å². The van der Waals surface area contributed by atoms with Crippen molar-refractivity contribution in [3.8, 4) is 5.75 Å². The maximum Gasteiger partial charge on any atom is 0.253 e. The first-order chi connectivity index (χ1) is 9.74. The van der Waals surface area contributed by atoms with E-state index in [9.17, 15) is 4.79 Å². The molecule has 4 nitrogen and oxygen atoms in total. The summed E-state index contributed by atoms with van der Waals surface area (Å²) in [5, 5.41) is 3.29. The van der Waals surface area contributed by atoms with E-state index in [1.165, 1.54) is 12.8 Å². The lowest BCUT2D eigenvalue weighted by Gasteiger charge is -2.23. The molecule has 1 aliphatic heterocycles. The molecule has 0 aromatic heterocycles. The van der Waals surface area contributed by atoms with Crippen molar-refractivity contribution < 1.29 is 9.53 Å². The molecule has 3 rings (SSSR count). The van der Waals surface area contributed by atoms with Crippen molar-refractivity contribution in [2.75, 3.05) is 26.7 Å². The van der Waals surface area contributed by atoms with E-state index in [2.05, 4.69) is 5.32 Å². The first-order valence-corrected chi connectivity index (χ1v) is 7.45. The highest BCUT2D eigenvalue weighted by atomic mass is 35.5. The minimum Gasteiger partial charge on any atom is -0.493 e. The molecule has 1 saturated carbocycles. The molecule has 0 spiro atoms. The van der Waals surface area contributed by atoms with Crippen molar-refractivity contribution in [3.63, 3.8) is 0 Å². The number of hydrogen-bond donors (Lipinski definition) is 1. The van der Waals surface area contributed by atoms with Gasteiger partial charge in [0, 0.05) is 25.2 Å². The first-order valence-electron chi connectivity index (χ1n) is 7.45. The zero-order chi connectivity index (χ0) is 13.9. The number of halogens is 1. The lowest BCUT2D eigenvalue weighted by atomic mass is 10.1. The Morgan fingerprint density at radius 2 is 2.00 bits per heavy atom. The average molecular weight is 311 g/mol. The highest BCUT2D eigenvalue weighted by molar-refractivity contribution is 5.94. The van der Waals surface area contributed by atoms with E-state index in [4.69, 9.17) is 4.74 Å². The second-order valence-electron chi connectivity index (χ2n) is 5.84. The normalized spacial score (nSPS) is 20.7. The van der Waals surface area contributed by atoms with Crippen LogP contribution in [0.1, 0.15) is 29.6 Å². The summed E-state index contributed by atoms with van der Waals surface area (Å²) < 4.78 is 5.69. The summed E-state index contributed by atoms with van der Waals surface area (Å²) in [6, 6.07) is 7.84. The molecular weight excluding hydrogens is 288 g/mol. The van der Waals surface area contributed by atoms with Gasteiger partial charge >= 0.3 is 0 Å². The summed E-state index contributed by atoms with van der Waals surface area (Å²) in [6.45, 7) is 2.70. The summed E-state index contributed by atoms with van der Waals surface area (Å²) in [5.74, 6) is 1.70. The highest BCUT2D eigenvalue weighted by Crippen LogP contribution is 2.29. The minimum atomic E-state index is 0. The molecule has 5 heteroatoms. The molecule has 1 heterocycles. The Kier molecular flexibility index (Phi) is 5.48. The van der Waals surface area contributed by atoms with Gasteiger partial charge in [-0.15, -0.1) is 12.4 Å². The van der Waals surface area contributed by atoms with Crippen molar-refractivity contribution in [2.45, 2.75) is 25.3 Å². The van der Waals surface area contributed by atoms with Gasteiger partial charge in [0.2, 0.25) is 0 Å². The van der Waals surface area contributed by atoms with E-state index in [0.717, 1.165) is 43.3 Å². The van der Waals surface area contributed by atoms with E-state index in [-0.39, 0.29) is 18.3 Å². The maximum absolute atomic E-state index is 12.4. The van der Waals surface area contributed by atoms with Gasteiger partial charge in [-0.05, 0) is 56.0 Å². The molecule has 116 valence electrons. The summed E-state index contributed by atoms with van der Waals surface area (Å²) in [6.07, 6.45) is 3.61. The van der Waals surface area contributed by atoms with Crippen LogP contribution in [0.3, 0.4) is 0 Å². The van der Waals surface area contributed by atoms with Gasteiger partial charge in [-0.2, -0.15) is 0 Å². The van der Waals surface area contributed by atoms with Gasteiger partial charge in [0.1, 0.15) is 5.75 Å². The standard InChI is InChI=1S/C16H22N2O2.ClH/c1-18(14-8-9-17-10-14)16(19)13-4-6-15(7-5-13)20-11-12-2-3-12;/h4-7,12,14,17H,2-3,8-11H2,1H3;1H. The third-order valence-electron chi connectivity index (χ3n) is 4.19. The second kappa shape index (κ2) is 7.14. The summed E-state index contributed by atoms with van der Waals surface area (Å²) in [4.78, 5) is 14.2. The van der Waals surface area contributed by atoms with Gasteiger partial charge in [0.15, 0.2) is 0 Å². The molecule has 0 bridgehead atoms. The predicted octanol–water partition coefficient (Wildman–Crippen LogP) is 2.33. The average Bonchev–Trinajstić information content (AvgIpc) is 3.16. The Morgan fingerprint density at radius 3 is 2.57 bits per heavy atom. The quantitative estimate of drug-likeness (QED) is 0.907. The molecular formula is C16H23ClN2O2. The number of carbonyl (C=O) groups is 1. The molecule has 0 radical (unpaired) electrons. The van der Waals surface area contributed by atoms with Crippen LogP contribution in [0.25, 0.3) is 0 Å². The summed E-state index contributed by atoms with van der Waals surface area (Å²) >= 11 is 0. The van der Waals surface area contributed by atoms with E-state index < -0.39 is 0 Å². The number of likely N-dealkylation sites (N-methyl/N-ethyl adjacent to an activating group) is 1. The van der Waals surface area contributed by atoms with Crippen LogP contribution in [0.4, 0.5) is 0 Å². The van der Waals surface area contributed by atoms with E-state index in [1.807, 2.05) is 36.2 Å². The number of hydrogen-bond acceptors (Lipinski definition) is 3. The fraction of sp³-hybridized carbons (Fsp3) is 0.562. The molecule has 1 unspecified atom stereocenters. The Morgan fingerprint density at radius 1 is 1.29 bits per heavy atom. The number of carbonyl (C=O) groups excluding carboxylic acids is 1. The van der Waals surface area contributed by atoms with Crippen LogP contribution < -0.4 is 10.1 Å². The number of benzene rings is 1. The SMILES string of the molecule is CN(C(=O)c1ccc(OCC2CC2)cc1)C1CCNC1.Cl. The Labute approximate surface area is 132 Å². The van der Waals surface area contributed by atoms with Gasteiger partial charge in [-0.25, -0.2) is 0 Å². The number of amides is 1. The molecule has 1 N–H and O–H groups in total. The molecule has 1 aliphatic carbocycles. The molecule has 1 aromatic carbocycles. The fourth-order valence-electron chi connectivity index (χ4n) is 2.53. The summed E-state index contributed by atoms with van der Waals surface area (Å²) in [5.41, 5.74) is 0.734. The van der Waals surface area contributed by atoms with E-state index >= 15 is 0 Å². The first kappa shape index (κ1) is 16.1. The topological polar surface area (TPSA) is 41.6 Å². The molecule has 1 aromatic rings. The van der Waals surface area contributed by atoms with Crippen molar-refractivity contribution in [1.29, 1.82) is 0 Å². The van der Waals surface area contributed by atoms with Crippen molar-refractivity contribution in [1.82, 2.24) is 10.2 Å². The predicted molar refractivity (Wildman–Crippen MR) is 85.3 cm³/mol. The lowest BCUT2D eigenvalue weighted by molar-refractivity contribution is 0.0743. The number of nitrogens with one attached hydrogen (secondary N) is 1. The lowest BCUT2D eigenvalue weighted by Crippen LogP contribution is -2.38. The number of rotatable bonds is 5. The monoisotopic (exact) mass is 310 g/mol. The third-order valence-corrected chi connectivity index (χ3v) is 4.19. The Hall–Kier alpha value is -1.26. The molecule has 1 atom stereocenters. The third kappa shape index (κ3) is 4.11. The van der Waals surface area contributed by atoms with E-state index in [0.29, 0.717) is 6.04 Å². The van der Waals surface area contributed by atoms with Crippen LogP contribution in [0.15, 0.2) is 24.3 Å². The van der Waals surface area contributed by atoms with Crippen LogP contribution in [0.2, 0.25) is 0 Å². The van der Waals surface area contributed by atoms with Crippen LogP contribution in [-0.2, 0) is 0 Å². The second-order valence-corrected chi connectivity index (χ2v) is 5.84. The Balaban J connectivity index is 0.00000161. The van der Waals surface area contributed by atoms with Crippen molar-refractivity contribution >= 4 is 18.3 Å². The van der Waals surface area contributed by atoms with Crippen LogP contribution >= 0.6 is 12.4 Å². The van der Waals surface area contributed by atoms with Crippen LogP contribution in [-0.4, -0.2) is 43.6 Å². The molecule has 1 saturated heterocycles. The minimum absolute atomic E-state index is 0. The van der Waals surface area contributed by atoms with Gasteiger partial charge in [-0.1, -0.05) is 0 Å². The largest absolute Gasteiger partial charge is 0.493 e. The molecule has 2 fully saturated rings. The van der Waals surface area contributed by atoms with Crippen LogP contribution in [0, 0.1) is 5.92 Å². The highest BCUT2D eigenvalue weighted by Gasteiger charge is 2.24. The van der Waals surface area contributed by atoms with E-state index in [1.54, 1.807) is 0 Å². The zero-order valence-corrected chi connectivity index (χ0v) is 13.2. The maximum atomic E-state index is 12.4. The molecule has 2 aliphatic rings. The van der Waals surface area contributed by atoms with Gasteiger partial charge < -0.3 is 15.0 Å². The van der Waals surface area contributed by atoms with Gasteiger partial charge in [-0.3, -0.25) is 4.79 Å². The van der Waals surface area contributed by atoms with Crippen molar-refractivity contribution in [3.05, 3.63) is 29.8 Å². The van der Waals surface area contributed by atoms with Crippen molar-refractivity contribution in [2.24, 2.45) is 5.92 Å². The Bertz CT molecular complexity index is 468. The fourth-order valence-corrected chi connectivity index (χ4v) is 2.53. The molecule has 1 amide bonds.